The largest absolute Gasteiger partial charge is 0.375 e. The van der Waals surface area contributed by atoms with Crippen LogP contribution in [-0.2, 0) is 4.74 Å². The molecule has 4 heteroatoms. The van der Waals surface area contributed by atoms with Crippen molar-refractivity contribution in [1.29, 1.82) is 0 Å². The molecule has 1 aliphatic heterocycles. The maximum absolute atomic E-state index is 13.8. The Balaban J connectivity index is 1.81. The fourth-order valence-corrected chi connectivity index (χ4v) is 3.87. The average Bonchev–Trinajstić information content (AvgIpc) is 2.46. The average molecular weight is 312 g/mol. The lowest BCUT2D eigenvalue weighted by Gasteiger charge is -2.49. The molecule has 2 atom stereocenters. The van der Waals surface area contributed by atoms with Gasteiger partial charge in [-0.15, -0.1) is 0 Å². The van der Waals surface area contributed by atoms with E-state index in [1.165, 1.54) is 19.3 Å². The minimum Gasteiger partial charge on any atom is -0.375 e. The molecule has 0 radical (unpaired) electrons. The number of benzene rings is 1. The number of rotatable bonds is 4. The molecule has 2 unspecified atom stereocenters. The number of hydrogen-bond donors (Lipinski definition) is 1. The first kappa shape index (κ1) is 15.3. The highest BCUT2D eigenvalue weighted by atomic mass is 35.5. The smallest absolute Gasteiger partial charge is 0.142 e. The first-order valence-corrected chi connectivity index (χ1v) is 8.34. The van der Waals surface area contributed by atoms with Crippen molar-refractivity contribution < 1.29 is 9.13 Å². The predicted molar refractivity (Wildman–Crippen MR) is 83.1 cm³/mol. The normalized spacial score (nSPS) is 25.6. The predicted octanol–water partition coefficient (Wildman–Crippen LogP) is 4.48. The van der Waals surface area contributed by atoms with Crippen molar-refractivity contribution in [2.45, 2.75) is 50.7 Å². The molecular formula is C17H23ClFNO. The summed E-state index contributed by atoms with van der Waals surface area (Å²) in [6.07, 6.45) is 5.74. The molecular weight excluding hydrogens is 289 g/mol. The third-order valence-corrected chi connectivity index (χ3v) is 5.30. The van der Waals surface area contributed by atoms with Crippen LogP contribution in [0.3, 0.4) is 0 Å². The van der Waals surface area contributed by atoms with Gasteiger partial charge in [-0.25, -0.2) is 4.39 Å². The zero-order chi connectivity index (χ0) is 14.9. The van der Waals surface area contributed by atoms with E-state index in [1.54, 1.807) is 12.1 Å². The van der Waals surface area contributed by atoms with E-state index >= 15 is 0 Å². The van der Waals surface area contributed by atoms with Crippen molar-refractivity contribution >= 4 is 11.6 Å². The monoisotopic (exact) mass is 311 g/mol. The molecule has 0 bridgehead atoms. The van der Waals surface area contributed by atoms with Crippen molar-refractivity contribution in [2.24, 2.45) is 5.92 Å². The Kier molecular flexibility index (Phi) is 4.53. The summed E-state index contributed by atoms with van der Waals surface area (Å²) in [5.74, 6) is 0.169. The molecule has 3 rings (SSSR count). The minimum absolute atomic E-state index is 0.113. The minimum atomic E-state index is -0.331. The van der Waals surface area contributed by atoms with E-state index in [9.17, 15) is 4.39 Å². The lowest BCUT2D eigenvalue weighted by Crippen LogP contribution is -2.48. The molecule has 1 aromatic rings. The molecule has 2 nitrogen and oxygen atoms in total. The van der Waals surface area contributed by atoms with Crippen LogP contribution in [0.4, 0.5) is 4.39 Å². The van der Waals surface area contributed by atoms with Gasteiger partial charge in [-0.2, -0.15) is 0 Å². The first-order chi connectivity index (χ1) is 10.1. The Hall–Kier alpha value is -0.640. The van der Waals surface area contributed by atoms with Crippen LogP contribution in [0.25, 0.3) is 0 Å². The van der Waals surface area contributed by atoms with E-state index in [1.807, 2.05) is 6.07 Å². The Morgan fingerprint density at radius 2 is 2.29 bits per heavy atom. The molecule has 116 valence electrons. The maximum Gasteiger partial charge on any atom is 0.142 e. The van der Waals surface area contributed by atoms with Gasteiger partial charge in [0.15, 0.2) is 0 Å². The van der Waals surface area contributed by atoms with Crippen molar-refractivity contribution in [3.05, 3.63) is 34.6 Å². The summed E-state index contributed by atoms with van der Waals surface area (Å²) in [4.78, 5) is 0. The molecule has 1 saturated heterocycles. The quantitative estimate of drug-likeness (QED) is 0.885. The van der Waals surface area contributed by atoms with Gasteiger partial charge in [-0.05, 0) is 62.3 Å². The zero-order valence-corrected chi connectivity index (χ0v) is 13.3. The molecule has 2 fully saturated rings. The topological polar surface area (TPSA) is 21.3 Å². The zero-order valence-electron chi connectivity index (χ0n) is 12.5. The summed E-state index contributed by atoms with van der Waals surface area (Å²) < 4.78 is 19.8. The Bertz CT molecular complexity index is 504. The molecule has 1 spiro atoms. The van der Waals surface area contributed by atoms with Crippen LogP contribution < -0.4 is 5.32 Å². The van der Waals surface area contributed by atoms with E-state index in [0.717, 1.165) is 31.6 Å². The molecule has 0 aromatic heterocycles. The lowest BCUT2D eigenvalue weighted by molar-refractivity contribution is -0.147. The van der Waals surface area contributed by atoms with Gasteiger partial charge >= 0.3 is 0 Å². The van der Waals surface area contributed by atoms with Crippen LogP contribution in [0.15, 0.2) is 18.2 Å². The Labute approximate surface area is 131 Å². The molecule has 21 heavy (non-hydrogen) atoms. The highest BCUT2D eigenvalue weighted by Gasteiger charge is 2.44. The van der Waals surface area contributed by atoms with Gasteiger partial charge in [0.2, 0.25) is 0 Å². The highest BCUT2D eigenvalue weighted by Crippen LogP contribution is 2.47. The van der Waals surface area contributed by atoms with Gasteiger partial charge in [0.05, 0.1) is 10.6 Å². The summed E-state index contributed by atoms with van der Waals surface area (Å²) in [6.45, 7) is 3.79. The molecule has 1 N–H and O–H groups in total. The molecule has 1 aliphatic carbocycles. The third kappa shape index (κ3) is 3.10. The second-order valence-corrected chi connectivity index (χ2v) is 6.75. The van der Waals surface area contributed by atoms with Crippen LogP contribution in [-0.4, -0.2) is 18.8 Å². The van der Waals surface area contributed by atoms with Gasteiger partial charge in [0, 0.05) is 12.6 Å². The second-order valence-electron chi connectivity index (χ2n) is 6.35. The van der Waals surface area contributed by atoms with E-state index < -0.39 is 0 Å². The van der Waals surface area contributed by atoms with Gasteiger partial charge < -0.3 is 10.1 Å². The van der Waals surface area contributed by atoms with Crippen molar-refractivity contribution in [1.82, 2.24) is 5.32 Å². The Morgan fingerprint density at radius 1 is 1.48 bits per heavy atom. The third-order valence-electron chi connectivity index (χ3n) is 4.99. The van der Waals surface area contributed by atoms with Crippen LogP contribution in [0.5, 0.6) is 0 Å². The SMILES string of the molecule is CCNC(c1ccc(Cl)c(F)c1)C1CCOC2(CCC2)C1. The van der Waals surface area contributed by atoms with E-state index in [-0.39, 0.29) is 22.5 Å². The summed E-state index contributed by atoms with van der Waals surface area (Å²) in [6, 6.07) is 5.37. The van der Waals surface area contributed by atoms with Crippen LogP contribution in [0, 0.1) is 11.7 Å². The number of nitrogens with one attached hydrogen (secondary N) is 1. The van der Waals surface area contributed by atoms with Gasteiger partial charge in [0.25, 0.3) is 0 Å². The number of ether oxygens (including phenoxy) is 1. The van der Waals surface area contributed by atoms with Gasteiger partial charge in [-0.1, -0.05) is 24.6 Å². The second kappa shape index (κ2) is 6.23. The van der Waals surface area contributed by atoms with Crippen molar-refractivity contribution in [3.8, 4) is 0 Å². The van der Waals surface area contributed by atoms with Gasteiger partial charge in [0.1, 0.15) is 5.82 Å². The standard InChI is InChI=1S/C17H23ClFNO/c1-2-20-16(12-4-5-14(18)15(19)10-12)13-6-9-21-17(11-13)7-3-8-17/h4-5,10,13,16,20H,2-3,6-9,11H2,1H3. The van der Waals surface area contributed by atoms with Crippen LogP contribution in [0.1, 0.15) is 50.6 Å². The van der Waals surface area contributed by atoms with E-state index in [4.69, 9.17) is 16.3 Å². The van der Waals surface area contributed by atoms with Crippen LogP contribution in [0.2, 0.25) is 5.02 Å². The summed E-state index contributed by atoms with van der Waals surface area (Å²) >= 11 is 5.81. The number of hydrogen-bond acceptors (Lipinski definition) is 2. The molecule has 1 heterocycles. The molecule has 1 aromatic carbocycles. The maximum atomic E-state index is 13.8. The molecule has 0 amide bonds. The summed E-state index contributed by atoms with van der Waals surface area (Å²) in [5.41, 5.74) is 1.11. The van der Waals surface area contributed by atoms with Gasteiger partial charge in [-0.3, -0.25) is 0 Å². The first-order valence-electron chi connectivity index (χ1n) is 7.96. The fourth-order valence-electron chi connectivity index (χ4n) is 3.75. The summed E-state index contributed by atoms with van der Waals surface area (Å²) in [7, 11) is 0. The fraction of sp³-hybridized carbons (Fsp3) is 0.647. The highest BCUT2D eigenvalue weighted by molar-refractivity contribution is 6.30. The van der Waals surface area contributed by atoms with E-state index in [0.29, 0.717) is 5.92 Å². The number of halogens is 2. The van der Waals surface area contributed by atoms with E-state index in [2.05, 4.69) is 12.2 Å². The van der Waals surface area contributed by atoms with Crippen molar-refractivity contribution in [2.75, 3.05) is 13.2 Å². The Morgan fingerprint density at radius 3 is 2.90 bits per heavy atom. The molecule has 2 aliphatic rings. The molecule has 1 saturated carbocycles. The lowest BCUT2D eigenvalue weighted by atomic mass is 9.69. The van der Waals surface area contributed by atoms with Crippen LogP contribution >= 0.6 is 11.6 Å². The van der Waals surface area contributed by atoms with Crippen molar-refractivity contribution in [3.63, 3.8) is 0 Å². The summed E-state index contributed by atoms with van der Waals surface area (Å²) in [5, 5.41) is 3.73.